The van der Waals surface area contributed by atoms with Crippen LogP contribution in [0.4, 0.5) is 0 Å². The first-order valence-electron chi connectivity index (χ1n) is 5.51. The average molecular weight is 187 g/mol. The fourth-order valence-electron chi connectivity index (χ4n) is 1.29. The van der Waals surface area contributed by atoms with Crippen molar-refractivity contribution < 1.29 is 5.11 Å². The van der Waals surface area contributed by atoms with Crippen molar-refractivity contribution in [3.05, 3.63) is 0 Å². The molecular formula is C11H25NO. The first kappa shape index (κ1) is 12.9. The lowest BCUT2D eigenvalue weighted by Crippen LogP contribution is -2.41. The number of hydrogen-bond donors (Lipinski definition) is 2. The fraction of sp³-hybridized carbons (Fsp3) is 1.00. The number of rotatable bonds is 7. The van der Waals surface area contributed by atoms with Crippen molar-refractivity contribution in [2.75, 3.05) is 6.54 Å². The van der Waals surface area contributed by atoms with Gasteiger partial charge in [0.25, 0.3) is 0 Å². The number of nitrogens with one attached hydrogen (secondary N) is 1. The molecule has 80 valence electrons. The summed E-state index contributed by atoms with van der Waals surface area (Å²) in [4.78, 5) is 0. The third-order valence-corrected chi connectivity index (χ3v) is 2.66. The van der Waals surface area contributed by atoms with Gasteiger partial charge in [-0.05, 0) is 26.2 Å². The standard InChI is InChI=1S/C11H25NO/c1-5-8-10(6-2)12-9-11(4,13)7-3/h10,12-13H,5-9H2,1-4H3. The van der Waals surface area contributed by atoms with Gasteiger partial charge in [-0.15, -0.1) is 0 Å². The van der Waals surface area contributed by atoms with E-state index in [1.54, 1.807) is 0 Å². The zero-order valence-corrected chi connectivity index (χ0v) is 9.56. The third kappa shape index (κ3) is 6.05. The zero-order valence-electron chi connectivity index (χ0n) is 9.56. The summed E-state index contributed by atoms with van der Waals surface area (Å²) in [5.74, 6) is 0. The molecule has 0 aromatic heterocycles. The van der Waals surface area contributed by atoms with Crippen LogP contribution in [0.1, 0.15) is 53.4 Å². The lowest BCUT2D eigenvalue weighted by atomic mass is 10.0. The molecule has 0 aliphatic heterocycles. The van der Waals surface area contributed by atoms with Gasteiger partial charge in [0.15, 0.2) is 0 Å². The predicted molar refractivity (Wildman–Crippen MR) is 57.9 cm³/mol. The summed E-state index contributed by atoms with van der Waals surface area (Å²) < 4.78 is 0. The number of hydrogen-bond acceptors (Lipinski definition) is 2. The van der Waals surface area contributed by atoms with Crippen LogP contribution in [0.5, 0.6) is 0 Å². The molecule has 13 heavy (non-hydrogen) atoms. The quantitative estimate of drug-likeness (QED) is 0.641. The maximum Gasteiger partial charge on any atom is 0.0741 e. The molecule has 0 aromatic rings. The topological polar surface area (TPSA) is 32.3 Å². The lowest BCUT2D eigenvalue weighted by molar-refractivity contribution is 0.0523. The van der Waals surface area contributed by atoms with Gasteiger partial charge in [0.1, 0.15) is 0 Å². The van der Waals surface area contributed by atoms with E-state index in [1.165, 1.54) is 12.8 Å². The molecule has 2 N–H and O–H groups in total. The van der Waals surface area contributed by atoms with E-state index in [1.807, 2.05) is 13.8 Å². The van der Waals surface area contributed by atoms with E-state index >= 15 is 0 Å². The Hall–Kier alpha value is -0.0800. The Morgan fingerprint density at radius 2 is 1.92 bits per heavy atom. The van der Waals surface area contributed by atoms with E-state index in [-0.39, 0.29) is 0 Å². The summed E-state index contributed by atoms with van der Waals surface area (Å²) in [5, 5.41) is 13.2. The molecule has 0 fully saturated rings. The second-order valence-corrected chi connectivity index (χ2v) is 4.13. The minimum absolute atomic E-state index is 0.541. The maximum absolute atomic E-state index is 9.77. The van der Waals surface area contributed by atoms with Gasteiger partial charge in [0.05, 0.1) is 5.60 Å². The van der Waals surface area contributed by atoms with Gasteiger partial charge in [-0.3, -0.25) is 0 Å². The minimum Gasteiger partial charge on any atom is -0.389 e. The fourth-order valence-corrected chi connectivity index (χ4v) is 1.29. The second kappa shape index (κ2) is 6.39. The van der Waals surface area contributed by atoms with Crippen molar-refractivity contribution in [2.24, 2.45) is 0 Å². The summed E-state index contributed by atoms with van der Waals surface area (Å²) in [5.41, 5.74) is -0.541. The Morgan fingerprint density at radius 3 is 2.31 bits per heavy atom. The van der Waals surface area contributed by atoms with Crippen molar-refractivity contribution >= 4 is 0 Å². The Labute approximate surface area is 82.7 Å². The predicted octanol–water partition coefficient (Wildman–Crippen LogP) is 2.32. The zero-order chi connectivity index (χ0) is 10.3. The first-order chi connectivity index (χ1) is 6.05. The highest BCUT2D eigenvalue weighted by Crippen LogP contribution is 2.08. The second-order valence-electron chi connectivity index (χ2n) is 4.13. The summed E-state index contributed by atoms with van der Waals surface area (Å²) in [6.45, 7) is 9.00. The average Bonchev–Trinajstić information content (AvgIpc) is 2.12. The molecule has 0 heterocycles. The Bertz CT molecular complexity index is 123. The van der Waals surface area contributed by atoms with Gasteiger partial charge in [-0.25, -0.2) is 0 Å². The van der Waals surface area contributed by atoms with E-state index in [2.05, 4.69) is 19.2 Å². The largest absolute Gasteiger partial charge is 0.389 e. The van der Waals surface area contributed by atoms with Gasteiger partial charge in [0, 0.05) is 12.6 Å². The Kier molecular flexibility index (Phi) is 6.35. The molecule has 0 bridgehead atoms. The molecule has 0 amide bonds. The minimum atomic E-state index is -0.541. The summed E-state index contributed by atoms with van der Waals surface area (Å²) in [6.07, 6.45) is 4.37. The maximum atomic E-state index is 9.77. The lowest BCUT2D eigenvalue weighted by Gasteiger charge is -2.25. The van der Waals surface area contributed by atoms with E-state index in [0.717, 1.165) is 12.8 Å². The molecule has 0 rings (SSSR count). The molecule has 2 unspecified atom stereocenters. The normalized spacial score (nSPS) is 18.2. The van der Waals surface area contributed by atoms with Crippen LogP contribution in [0.15, 0.2) is 0 Å². The van der Waals surface area contributed by atoms with Gasteiger partial charge < -0.3 is 10.4 Å². The van der Waals surface area contributed by atoms with Crippen LogP contribution in [0.2, 0.25) is 0 Å². The molecule has 0 saturated carbocycles. The SMILES string of the molecule is CCCC(CC)NCC(C)(O)CC. The molecule has 0 radical (unpaired) electrons. The molecule has 0 aliphatic carbocycles. The van der Waals surface area contributed by atoms with E-state index in [9.17, 15) is 5.11 Å². The van der Waals surface area contributed by atoms with E-state index in [0.29, 0.717) is 12.6 Å². The molecule has 0 aromatic carbocycles. The highest BCUT2D eigenvalue weighted by atomic mass is 16.3. The van der Waals surface area contributed by atoms with Crippen LogP contribution in [-0.2, 0) is 0 Å². The molecule has 0 spiro atoms. The molecule has 2 nitrogen and oxygen atoms in total. The van der Waals surface area contributed by atoms with Crippen LogP contribution >= 0.6 is 0 Å². The monoisotopic (exact) mass is 187 g/mol. The molecule has 2 atom stereocenters. The van der Waals surface area contributed by atoms with Crippen molar-refractivity contribution in [1.82, 2.24) is 5.32 Å². The molecule has 2 heteroatoms. The Balaban J connectivity index is 3.70. The van der Waals surface area contributed by atoms with Gasteiger partial charge in [-0.1, -0.05) is 27.2 Å². The van der Waals surface area contributed by atoms with Gasteiger partial charge >= 0.3 is 0 Å². The van der Waals surface area contributed by atoms with Crippen LogP contribution < -0.4 is 5.32 Å². The van der Waals surface area contributed by atoms with Crippen LogP contribution in [0.25, 0.3) is 0 Å². The summed E-state index contributed by atoms with van der Waals surface area (Å²) >= 11 is 0. The summed E-state index contributed by atoms with van der Waals surface area (Å²) in [7, 11) is 0. The van der Waals surface area contributed by atoms with Crippen molar-refractivity contribution in [3.8, 4) is 0 Å². The first-order valence-corrected chi connectivity index (χ1v) is 5.51. The van der Waals surface area contributed by atoms with Crippen molar-refractivity contribution in [1.29, 1.82) is 0 Å². The van der Waals surface area contributed by atoms with Crippen LogP contribution in [0.3, 0.4) is 0 Å². The van der Waals surface area contributed by atoms with E-state index in [4.69, 9.17) is 0 Å². The smallest absolute Gasteiger partial charge is 0.0741 e. The highest BCUT2D eigenvalue weighted by Gasteiger charge is 2.18. The third-order valence-electron chi connectivity index (χ3n) is 2.66. The van der Waals surface area contributed by atoms with Crippen LogP contribution in [0, 0.1) is 0 Å². The molecular weight excluding hydrogens is 162 g/mol. The number of aliphatic hydroxyl groups is 1. The molecule has 0 aliphatic rings. The Morgan fingerprint density at radius 1 is 1.31 bits per heavy atom. The van der Waals surface area contributed by atoms with Crippen molar-refractivity contribution in [2.45, 2.75) is 65.0 Å². The summed E-state index contributed by atoms with van der Waals surface area (Å²) in [6, 6.07) is 0.572. The van der Waals surface area contributed by atoms with Gasteiger partial charge in [0.2, 0.25) is 0 Å². The highest BCUT2D eigenvalue weighted by molar-refractivity contribution is 4.76. The van der Waals surface area contributed by atoms with E-state index < -0.39 is 5.60 Å². The van der Waals surface area contributed by atoms with Gasteiger partial charge in [-0.2, -0.15) is 0 Å². The molecule has 0 saturated heterocycles. The van der Waals surface area contributed by atoms with Crippen LogP contribution in [-0.4, -0.2) is 23.3 Å². The van der Waals surface area contributed by atoms with Crippen molar-refractivity contribution in [3.63, 3.8) is 0 Å².